The van der Waals surface area contributed by atoms with Gasteiger partial charge in [-0.25, -0.2) is 4.39 Å². The van der Waals surface area contributed by atoms with Crippen LogP contribution in [0, 0.1) is 12.7 Å². The van der Waals surface area contributed by atoms with Gasteiger partial charge >= 0.3 is 0 Å². The summed E-state index contributed by atoms with van der Waals surface area (Å²) in [5, 5.41) is 0. The lowest BCUT2D eigenvalue weighted by Gasteiger charge is -2.25. The summed E-state index contributed by atoms with van der Waals surface area (Å²) in [5.41, 5.74) is 0.452. The van der Waals surface area contributed by atoms with Crippen molar-refractivity contribution in [1.29, 1.82) is 0 Å². The van der Waals surface area contributed by atoms with E-state index in [1.54, 1.807) is 29.2 Å². The number of carbonyl (C=O) groups is 3. The molecule has 2 aromatic rings. The lowest BCUT2D eigenvalue weighted by atomic mass is 10.1. The molecule has 30 heavy (non-hydrogen) atoms. The van der Waals surface area contributed by atoms with Crippen LogP contribution in [-0.4, -0.2) is 54.5 Å². The third-order valence-corrected chi connectivity index (χ3v) is 5.79. The van der Waals surface area contributed by atoms with Gasteiger partial charge in [0.2, 0.25) is 5.91 Å². The minimum atomic E-state index is -0.349. The fourth-order valence-electron chi connectivity index (χ4n) is 2.93. The average Bonchev–Trinajstić information content (AvgIpc) is 3.15. The van der Waals surface area contributed by atoms with Gasteiger partial charge in [-0.15, -0.1) is 11.3 Å². The highest BCUT2D eigenvalue weighted by molar-refractivity contribution is 7.14. The molecule has 0 atom stereocenters. The molecule has 0 fully saturated rings. The molecule has 0 radical (unpaired) electrons. The smallest absolute Gasteiger partial charge is 0.223 e. The Balaban J connectivity index is 1.86. The van der Waals surface area contributed by atoms with Crippen LogP contribution in [-0.2, 0) is 16.1 Å². The highest BCUT2D eigenvalue weighted by atomic mass is 32.1. The second kappa shape index (κ2) is 11.7. The second-order valence-corrected chi connectivity index (χ2v) is 8.87. The van der Waals surface area contributed by atoms with E-state index in [2.05, 4.69) is 0 Å². The number of hydrogen-bond donors (Lipinski definition) is 0. The molecule has 0 saturated heterocycles. The molecule has 0 saturated carbocycles. The Bertz CT molecular complexity index is 879. The Kier molecular flexibility index (Phi) is 9.33. The van der Waals surface area contributed by atoms with Crippen molar-refractivity contribution in [3.05, 3.63) is 57.5 Å². The predicted octanol–water partition coefficient (Wildman–Crippen LogP) is 4.10. The minimum Gasteiger partial charge on any atom is -0.337 e. The van der Waals surface area contributed by atoms with Crippen molar-refractivity contribution in [2.24, 2.45) is 0 Å². The maximum Gasteiger partial charge on any atom is 0.223 e. The van der Waals surface area contributed by atoms with Gasteiger partial charge in [0.25, 0.3) is 0 Å². The first kappa shape index (κ1) is 23.9. The SMILES string of the molecule is Cc1ccc(C(=O)CCC(=O)CCC(=O)N(CCN(C)C)Cc2ccccc2F)s1. The number of thiophene rings is 1. The van der Waals surface area contributed by atoms with Crippen molar-refractivity contribution in [1.82, 2.24) is 9.80 Å². The number of carbonyl (C=O) groups excluding carboxylic acids is 3. The zero-order chi connectivity index (χ0) is 22.1. The van der Waals surface area contributed by atoms with Gasteiger partial charge in [-0.3, -0.25) is 14.4 Å². The zero-order valence-electron chi connectivity index (χ0n) is 17.8. The van der Waals surface area contributed by atoms with Crippen molar-refractivity contribution in [2.45, 2.75) is 39.2 Å². The fraction of sp³-hybridized carbons (Fsp3) is 0.435. The van der Waals surface area contributed by atoms with Gasteiger partial charge in [-0.1, -0.05) is 18.2 Å². The summed E-state index contributed by atoms with van der Waals surface area (Å²) in [4.78, 5) is 42.3. The van der Waals surface area contributed by atoms with Crippen LogP contribution >= 0.6 is 11.3 Å². The van der Waals surface area contributed by atoms with Gasteiger partial charge < -0.3 is 9.80 Å². The van der Waals surface area contributed by atoms with Crippen molar-refractivity contribution < 1.29 is 18.8 Å². The van der Waals surface area contributed by atoms with Crippen LogP contribution in [0.5, 0.6) is 0 Å². The summed E-state index contributed by atoms with van der Waals surface area (Å²) >= 11 is 1.42. The first-order chi connectivity index (χ1) is 14.3. The Morgan fingerprint density at radius 3 is 2.27 bits per heavy atom. The normalized spacial score (nSPS) is 11.0. The van der Waals surface area contributed by atoms with Crippen molar-refractivity contribution in [3.8, 4) is 0 Å². The molecule has 0 aliphatic heterocycles. The summed E-state index contributed by atoms with van der Waals surface area (Å²) < 4.78 is 14.0. The standard InChI is InChI=1S/C23H29FN2O3S/c1-17-8-12-22(30-17)21(28)11-9-19(27)10-13-23(29)26(15-14-25(2)3)16-18-6-4-5-7-20(18)24/h4-8,12H,9-11,13-16H2,1-3H3. The van der Waals surface area contributed by atoms with Crippen LogP contribution in [0.2, 0.25) is 0 Å². The van der Waals surface area contributed by atoms with E-state index in [0.29, 0.717) is 23.5 Å². The summed E-state index contributed by atoms with van der Waals surface area (Å²) in [5.74, 6) is -0.685. The van der Waals surface area contributed by atoms with Gasteiger partial charge in [-0.05, 0) is 39.2 Å². The van der Waals surface area contributed by atoms with E-state index in [4.69, 9.17) is 0 Å². The number of aryl methyl sites for hydroxylation is 1. The van der Waals surface area contributed by atoms with Crippen LogP contribution in [0.3, 0.4) is 0 Å². The maximum absolute atomic E-state index is 14.0. The number of ketones is 2. The zero-order valence-corrected chi connectivity index (χ0v) is 18.6. The molecule has 0 unspecified atom stereocenters. The van der Waals surface area contributed by atoms with Gasteiger partial charge in [0.05, 0.1) is 4.88 Å². The largest absolute Gasteiger partial charge is 0.337 e. The Morgan fingerprint density at radius 1 is 0.933 bits per heavy atom. The number of likely N-dealkylation sites (N-methyl/N-ethyl adjacent to an activating group) is 1. The molecule has 162 valence electrons. The Hall–Kier alpha value is -2.38. The van der Waals surface area contributed by atoms with Gasteiger partial charge in [0.1, 0.15) is 11.6 Å². The Labute approximate surface area is 181 Å². The summed E-state index contributed by atoms with van der Waals surface area (Å²) in [6.45, 7) is 3.19. The number of amides is 1. The molecule has 1 heterocycles. The van der Waals surface area contributed by atoms with E-state index in [-0.39, 0.29) is 55.5 Å². The molecule has 0 spiro atoms. The van der Waals surface area contributed by atoms with Crippen LogP contribution in [0.25, 0.3) is 0 Å². The highest BCUT2D eigenvalue weighted by Crippen LogP contribution is 2.18. The molecule has 5 nitrogen and oxygen atoms in total. The predicted molar refractivity (Wildman–Crippen MR) is 117 cm³/mol. The molecule has 1 aromatic heterocycles. The quantitative estimate of drug-likeness (QED) is 0.474. The van der Waals surface area contributed by atoms with Crippen molar-refractivity contribution in [3.63, 3.8) is 0 Å². The lowest BCUT2D eigenvalue weighted by molar-refractivity contribution is -0.134. The van der Waals surface area contributed by atoms with E-state index in [1.165, 1.54) is 17.4 Å². The molecule has 0 bridgehead atoms. The molecule has 2 rings (SSSR count). The molecular formula is C23H29FN2O3S. The monoisotopic (exact) mass is 432 g/mol. The number of hydrogen-bond acceptors (Lipinski definition) is 5. The Morgan fingerprint density at radius 2 is 1.63 bits per heavy atom. The summed E-state index contributed by atoms with van der Waals surface area (Å²) in [6.07, 6.45) is 0.443. The number of Topliss-reactive ketones (excluding diaryl/α,β-unsaturated/α-hetero) is 2. The van der Waals surface area contributed by atoms with Crippen LogP contribution in [0.1, 0.15) is 45.8 Å². The highest BCUT2D eigenvalue weighted by Gasteiger charge is 2.18. The maximum atomic E-state index is 14.0. The van der Waals surface area contributed by atoms with Crippen LogP contribution in [0.15, 0.2) is 36.4 Å². The number of benzene rings is 1. The molecule has 1 aromatic carbocycles. The third kappa shape index (κ3) is 7.80. The molecular weight excluding hydrogens is 403 g/mol. The minimum absolute atomic E-state index is 0.0417. The fourth-order valence-corrected chi connectivity index (χ4v) is 3.77. The molecule has 1 amide bonds. The van der Waals surface area contributed by atoms with Gasteiger partial charge in [-0.2, -0.15) is 0 Å². The summed E-state index contributed by atoms with van der Waals surface area (Å²) in [7, 11) is 3.81. The van der Waals surface area contributed by atoms with Crippen LogP contribution < -0.4 is 0 Å². The molecule has 7 heteroatoms. The number of halogens is 1. The van der Waals surface area contributed by atoms with Crippen molar-refractivity contribution >= 4 is 28.8 Å². The number of rotatable bonds is 12. The average molecular weight is 433 g/mol. The van der Waals surface area contributed by atoms with Gasteiger partial charge in [0, 0.05) is 55.8 Å². The molecule has 0 aliphatic rings. The van der Waals surface area contributed by atoms with E-state index < -0.39 is 0 Å². The first-order valence-corrected chi connectivity index (χ1v) is 10.8. The topological polar surface area (TPSA) is 57.7 Å². The lowest BCUT2D eigenvalue weighted by Crippen LogP contribution is -2.36. The van der Waals surface area contributed by atoms with E-state index in [1.807, 2.05) is 32.0 Å². The van der Waals surface area contributed by atoms with Crippen molar-refractivity contribution in [2.75, 3.05) is 27.2 Å². The molecule has 0 N–H and O–H groups in total. The first-order valence-electron chi connectivity index (χ1n) is 10.0. The van der Waals surface area contributed by atoms with E-state index in [9.17, 15) is 18.8 Å². The molecule has 0 aliphatic carbocycles. The van der Waals surface area contributed by atoms with E-state index in [0.717, 1.165) is 4.88 Å². The van der Waals surface area contributed by atoms with E-state index >= 15 is 0 Å². The van der Waals surface area contributed by atoms with Gasteiger partial charge in [0.15, 0.2) is 5.78 Å². The van der Waals surface area contributed by atoms with Crippen LogP contribution in [0.4, 0.5) is 4.39 Å². The third-order valence-electron chi connectivity index (χ3n) is 4.75. The summed E-state index contributed by atoms with van der Waals surface area (Å²) in [6, 6.07) is 10.1. The number of nitrogens with zero attached hydrogens (tertiary/aromatic N) is 2. The second-order valence-electron chi connectivity index (χ2n) is 7.58.